The molecule has 0 bridgehead atoms. The van der Waals surface area contributed by atoms with Crippen LogP contribution in [0.25, 0.3) is 0 Å². The van der Waals surface area contributed by atoms with Crippen molar-refractivity contribution in [3.63, 3.8) is 0 Å². The van der Waals surface area contributed by atoms with Gasteiger partial charge < -0.3 is 4.18 Å². The van der Waals surface area contributed by atoms with Crippen LogP contribution >= 0.6 is 67.8 Å². The summed E-state index contributed by atoms with van der Waals surface area (Å²) in [7, 11) is -8.72. The number of hydrogen-bond acceptors (Lipinski definition) is 5. The molecule has 2 aromatic rings. The van der Waals surface area contributed by atoms with Crippen LogP contribution in [0.15, 0.2) is 40.1 Å². The molecule has 1 N–H and O–H groups in total. The van der Waals surface area contributed by atoms with E-state index >= 15 is 0 Å². The average Bonchev–Trinajstić information content (AvgIpc) is 2.49. The molecular weight excluding hydrogens is 733 g/mol. The molecule has 148 valence electrons. The van der Waals surface area contributed by atoms with E-state index in [1.807, 2.05) is 43.4 Å². The molecule has 6 nitrogen and oxygen atoms in total. The second-order valence-electron chi connectivity index (χ2n) is 6.60. The number of rotatable bonds is 4. The van der Waals surface area contributed by atoms with Crippen molar-refractivity contribution < 1.29 is 25.6 Å². The van der Waals surface area contributed by atoms with Crippen molar-refractivity contribution in [3.8, 4) is 5.75 Å². The van der Waals surface area contributed by atoms with Gasteiger partial charge in [-0.2, -0.15) is 16.8 Å². The van der Waals surface area contributed by atoms with Crippen LogP contribution in [0.1, 0.15) is 26.3 Å². The molecule has 0 saturated carbocycles. The predicted octanol–water partition coefficient (Wildman–Crippen LogP) is 4.81. The summed E-state index contributed by atoms with van der Waals surface area (Å²) >= 11 is 5.27. The first-order chi connectivity index (χ1) is 12.1. The lowest BCUT2D eigenvalue weighted by Gasteiger charge is -2.19. The Morgan fingerprint density at radius 1 is 0.926 bits per heavy atom. The van der Waals surface area contributed by atoms with Crippen LogP contribution in [0.3, 0.4) is 0 Å². The van der Waals surface area contributed by atoms with Crippen molar-refractivity contribution in [1.29, 1.82) is 0 Å². The van der Waals surface area contributed by atoms with E-state index in [4.69, 9.17) is 4.18 Å². The fourth-order valence-corrected chi connectivity index (χ4v) is 9.29. The van der Waals surface area contributed by atoms with Gasteiger partial charge in [0, 0.05) is 3.57 Å². The molecule has 0 heterocycles. The van der Waals surface area contributed by atoms with E-state index in [2.05, 4.69) is 0 Å². The summed E-state index contributed by atoms with van der Waals surface area (Å²) in [5, 5.41) is 0. The molecule has 0 radical (unpaired) electrons. The van der Waals surface area contributed by atoms with Gasteiger partial charge in [-0.3, -0.25) is 4.55 Å². The largest absolute Gasteiger partial charge is 0.377 e. The minimum absolute atomic E-state index is 0.00119. The zero-order chi connectivity index (χ0) is 20.8. The zero-order valence-electron chi connectivity index (χ0n) is 14.3. The molecule has 0 aromatic heterocycles. The molecule has 0 unspecified atom stereocenters. The topological polar surface area (TPSA) is 97.7 Å². The minimum atomic E-state index is -4.54. The van der Waals surface area contributed by atoms with E-state index in [1.165, 1.54) is 18.2 Å². The molecule has 2 rings (SSSR count). The smallest absolute Gasteiger partial charge is 0.339 e. The van der Waals surface area contributed by atoms with Gasteiger partial charge in [-0.05, 0) is 97.0 Å². The highest BCUT2D eigenvalue weighted by molar-refractivity contribution is 14.1. The van der Waals surface area contributed by atoms with Crippen molar-refractivity contribution in [1.82, 2.24) is 0 Å². The summed E-state index contributed by atoms with van der Waals surface area (Å²) in [5.41, 5.74) is 0.836. The first kappa shape index (κ1) is 23.6. The Bertz CT molecular complexity index is 1090. The molecule has 0 saturated heterocycles. The van der Waals surface area contributed by atoms with Crippen molar-refractivity contribution in [2.24, 2.45) is 0 Å². The number of benzene rings is 2. The molecule has 2 aromatic carbocycles. The standard InChI is InChI=1S/C16H15I3O6S2/c1-16(2,3)9-4-6-10(7-5-9)27(23,24)25-14-11(17)8-12(18)15(13(14)19)26(20,21)22/h4-8H,1-3H3,(H,20,21,22). The van der Waals surface area contributed by atoms with Crippen LogP contribution in [0.2, 0.25) is 0 Å². The number of hydrogen-bond donors (Lipinski definition) is 1. The lowest BCUT2D eigenvalue weighted by molar-refractivity contribution is 0.471. The Hall–Kier alpha value is 0.290. The Balaban J connectivity index is 2.53. The Morgan fingerprint density at radius 3 is 1.89 bits per heavy atom. The fourth-order valence-electron chi connectivity index (χ4n) is 2.15. The molecule has 27 heavy (non-hydrogen) atoms. The fraction of sp³-hybridized carbons (Fsp3) is 0.250. The first-order valence-electron chi connectivity index (χ1n) is 7.34. The van der Waals surface area contributed by atoms with Gasteiger partial charge in [-0.25, -0.2) is 0 Å². The van der Waals surface area contributed by atoms with Crippen LogP contribution in [0.4, 0.5) is 0 Å². The highest BCUT2D eigenvalue weighted by Gasteiger charge is 2.28. The molecule has 11 heteroatoms. The second-order valence-corrected chi connectivity index (χ2v) is 12.9. The van der Waals surface area contributed by atoms with E-state index in [0.717, 1.165) is 5.56 Å². The molecule has 0 aliphatic heterocycles. The molecular formula is C16H15I3O6S2. The summed E-state index contributed by atoms with van der Waals surface area (Å²) in [6.07, 6.45) is 0. The van der Waals surface area contributed by atoms with Gasteiger partial charge >= 0.3 is 10.1 Å². The van der Waals surface area contributed by atoms with E-state index in [1.54, 1.807) is 57.3 Å². The molecule has 0 fully saturated rings. The third-order valence-electron chi connectivity index (χ3n) is 3.55. The SMILES string of the molecule is CC(C)(C)c1ccc(S(=O)(=O)Oc2c(I)cc(I)c(S(=O)(=O)O)c2I)cc1. The van der Waals surface area contributed by atoms with E-state index in [9.17, 15) is 21.4 Å². The Labute approximate surface area is 199 Å². The second kappa shape index (κ2) is 8.20. The van der Waals surface area contributed by atoms with Gasteiger partial charge in [-0.1, -0.05) is 32.9 Å². The molecule has 0 atom stereocenters. The maximum atomic E-state index is 12.7. The van der Waals surface area contributed by atoms with Gasteiger partial charge in [0.05, 0.1) is 7.14 Å². The predicted molar refractivity (Wildman–Crippen MR) is 127 cm³/mol. The minimum Gasteiger partial charge on any atom is -0.377 e. The van der Waals surface area contributed by atoms with Crippen molar-refractivity contribution in [2.75, 3.05) is 0 Å². The molecule has 0 aliphatic carbocycles. The Kier molecular flexibility index (Phi) is 7.16. The summed E-state index contributed by atoms with van der Waals surface area (Å²) < 4.78 is 64.0. The monoisotopic (exact) mass is 748 g/mol. The maximum Gasteiger partial charge on any atom is 0.339 e. The summed E-state index contributed by atoms with van der Waals surface area (Å²) in [4.78, 5) is -0.425. The average molecular weight is 748 g/mol. The van der Waals surface area contributed by atoms with Crippen LogP contribution in [0, 0.1) is 10.7 Å². The van der Waals surface area contributed by atoms with Crippen LogP contribution < -0.4 is 4.18 Å². The van der Waals surface area contributed by atoms with Gasteiger partial charge in [0.15, 0.2) is 5.75 Å². The van der Waals surface area contributed by atoms with Crippen molar-refractivity contribution in [3.05, 3.63) is 46.6 Å². The molecule has 0 aliphatic rings. The lowest BCUT2D eigenvalue weighted by Crippen LogP contribution is -2.15. The Morgan fingerprint density at radius 2 is 1.44 bits per heavy atom. The van der Waals surface area contributed by atoms with Crippen LogP contribution in [-0.4, -0.2) is 21.4 Å². The summed E-state index contributed by atoms with van der Waals surface area (Å²) in [5.74, 6) is -0.135. The maximum absolute atomic E-state index is 12.7. The molecule has 0 amide bonds. The van der Waals surface area contributed by atoms with E-state index in [-0.39, 0.29) is 28.1 Å². The first-order valence-corrected chi connectivity index (χ1v) is 13.4. The normalized spacial score (nSPS) is 12.9. The lowest BCUT2D eigenvalue weighted by atomic mass is 9.87. The van der Waals surface area contributed by atoms with Crippen molar-refractivity contribution in [2.45, 2.75) is 36.0 Å². The quantitative estimate of drug-likeness (QED) is 0.274. The van der Waals surface area contributed by atoms with Crippen LogP contribution in [-0.2, 0) is 25.7 Å². The summed E-state index contributed by atoms with van der Waals surface area (Å²) in [6.45, 7) is 6.04. The van der Waals surface area contributed by atoms with Gasteiger partial charge in [-0.15, -0.1) is 0 Å². The van der Waals surface area contributed by atoms with Gasteiger partial charge in [0.1, 0.15) is 9.79 Å². The van der Waals surface area contributed by atoms with E-state index < -0.39 is 20.2 Å². The summed E-state index contributed by atoms with van der Waals surface area (Å²) in [6, 6.07) is 7.76. The van der Waals surface area contributed by atoms with Crippen molar-refractivity contribution >= 4 is 88.0 Å². The third kappa shape index (κ3) is 5.46. The van der Waals surface area contributed by atoms with E-state index in [0.29, 0.717) is 3.57 Å². The zero-order valence-corrected chi connectivity index (χ0v) is 22.4. The molecule has 0 spiro atoms. The third-order valence-corrected chi connectivity index (χ3v) is 9.13. The van der Waals surface area contributed by atoms with Crippen LogP contribution in [0.5, 0.6) is 5.75 Å². The highest BCUT2D eigenvalue weighted by atomic mass is 127. The van der Waals surface area contributed by atoms with Gasteiger partial charge in [0.2, 0.25) is 0 Å². The highest BCUT2D eigenvalue weighted by Crippen LogP contribution is 2.37. The van der Waals surface area contributed by atoms with Gasteiger partial charge in [0.25, 0.3) is 10.1 Å². The number of halogens is 3.